The van der Waals surface area contributed by atoms with Gasteiger partial charge in [0.05, 0.1) is 36.8 Å². The summed E-state index contributed by atoms with van der Waals surface area (Å²) < 4.78 is 58.9. The minimum atomic E-state index is -3.56. The fourth-order valence-electron chi connectivity index (χ4n) is 5.16. The molecule has 0 saturated carbocycles. The number of Topliss-reactive ketones (excluding diaryl/α,β-unsaturated/α-hetero) is 1. The van der Waals surface area contributed by atoms with Crippen molar-refractivity contribution in [3.05, 3.63) is 64.8 Å². The van der Waals surface area contributed by atoms with Crippen molar-refractivity contribution in [1.29, 1.82) is 0 Å². The number of likely N-dealkylation sites (tertiary alicyclic amines) is 1. The second-order valence-electron chi connectivity index (χ2n) is 11.1. The number of hydrogen-bond acceptors (Lipinski definition) is 10. The second kappa shape index (κ2) is 14.9. The van der Waals surface area contributed by atoms with Crippen molar-refractivity contribution in [1.82, 2.24) is 20.2 Å². The van der Waals surface area contributed by atoms with E-state index in [-0.39, 0.29) is 36.7 Å². The number of likely N-dealkylation sites (N-methyl/N-ethyl adjacent to an activating group) is 1. The molecule has 3 aromatic rings. The molecule has 0 amide bonds. The Balaban J connectivity index is 1.49. The monoisotopic (exact) mass is 645 g/mol. The van der Waals surface area contributed by atoms with E-state index >= 15 is 0 Å². The summed E-state index contributed by atoms with van der Waals surface area (Å²) in [5.41, 5.74) is 2.34. The van der Waals surface area contributed by atoms with Crippen molar-refractivity contribution in [3.8, 4) is 5.75 Å². The summed E-state index contributed by atoms with van der Waals surface area (Å²) in [6.07, 6.45) is 1.39. The van der Waals surface area contributed by atoms with E-state index in [2.05, 4.69) is 37.7 Å². The van der Waals surface area contributed by atoms with Gasteiger partial charge < -0.3 is 25.6 Å². The summed E-state index contributed by atoms with van der Waals surface area (Å²) in [5.74, 6) is 0.197. The third-order valence-electron chi connectivity index (χ3n) is 7.85. The Bertz CT molecular complexity index is 1610. The van der Waals surface area contributed by atoms with E-state index in [0.717, 1.165) is 54.8 Å². The molecular formula is C31H41F2N7O4S. The molecule has 3 N–H and O–H groups in total. The molecule has 1 atom stereocenters. The van der Waals surface area contributed by atoms with E-state index in [0.29, 0.717) is 28.3 Å². The zero-order valence-electron chi connectivity index (χ0n) is 26.2. The van der Waals surface area contributed by atoms with Gasteiger partial charge in [-0.15, -0.1) is 0 Å². The zero-order chi connectivity index (χ0) is 32.7. The highest BCUT2D eigenvalue weighted by molar-refractivity contribution is 7.92. The van der Waals surface area contributed by atoms with Gasteiger partial charge >= 0.3 is 0 Å². The quantitative estimate of drug-likeness (QED) is 0.212. The number of sulfonamides is 1. The number of nitrogens with one attached hydrogen (secondary N) is 3. The average molecular weight is 646 g/mol. The van der Waals surface area contributed by atoms with Crippen LogP contribution in [0, 0.1) is 6.92 Å². The van der Waals surface area contributed by atoms with Gasteiger partial charge in [-0.1, -0.05) is 19.1 Å². The number of ketones is 1. The lowest BCUT2D eigenvalue weighted by atomic mass is 10.0. The highest BCUT2D eigenvalue weighted by Gasteiger charge is 2.21. The number of aryl methyl sites for hydroxylation is 1. The predicted octanol–water partition coefficient (Wildman–Crippen LogP) is 4.74. The van der Waals surface area contributed by atoms with Gasteiger partial charge in [0.15, 0.2) is 5.78 Å². The highest BCUT2D eigenvalue weighted by atomic mass is 32.2. The maximum absolute atomic E-state index is 13.9. The van der Waals surface area contributed by atoms with Crippen molar-refractivity contribution in [2.24, 2.45) is 0 Å². The lowest BCUT2D eigenvalue weighted by Crippen LogP contribution is -2.46. The van der Waals surface area contributed by atoms with Gasteiger partial charge in [-0.3, -0.25) is 9.10 Å². The summed E-state index contributed by atoms with van der Waals surface area (Å²) in [4.78, 5) is 23.7. The third-order valence-corrected chi connectivity index (χ3v) is 9.04. The summed E-state index contributed by atoms with van der Waals surface area (Å²) in [6, 6.07) is 10.5. The van der Waals surface area contributed by atoms with Crippen molar-refractivity contribution in [3.63, 3.8) is 0 Å². The fourth-order valence-corrected chi connectivity index (χ4v) is 5.69. The molecule has 2 aromatic carbocycles. The molecule has 0 bridgehead atoms. The molecule has 45 heavy (non-hydrogen) atoms. The van der Waals surface area contributed by atoms with Crippen LogP contribution in [0.25, 0.3) is 0 Å². The smallest absolute Gasteiger partial charge is 0.268 e. The van der Waals surface area contributed by atoms with Crippen LogP contribution in [0.1, 0.15) is 53.2 Å². The van der Waals surface area contributed by atoms with Crippen LogP contribution in [-0.4, -0.2) is 81.7 Å². The molecule has 2 heterocycles. The molecule has 1 saturated heterocycles. The van der Waals surface area contributed by atoms with Gasteiger partial charge in [0.1, 0.15) is 11.6 Å². The molecule has 1 fully saturated rings. The van der Waals surface area contributed by atoms with E-state index in [1.807, 2.05) is 13.0 Å². The number of rotatable bonds is 14. The number of halogens is 2. The number of methoxy groups -OCH3 is 1. The molecule has 244 valence electrons. The zero-order valence-corrected chi connectivity index (χ0v) is 27.0. The molecule has 0 spiro atoms. The average Bonchev–Trinajstić information content (AvgIpc) is 3.02. The molecule has 1 aliphatic rings. The van der Waals surface area contributed by atoms with E-state index < -0.39 is 22.0 Å². The summed E-state index contributed by atoms with van der Waals surface area (Å²) in [6.45, 7) is 7.18. The number of benzene rings is 2. The van der Waals surface area contributed by atoms with Crippen LogP contribution in [0.15, 0.2) is 42.6 Å². The molecule has 1 aromatic heterocycles. The number of ether oxygens (including phenoxy) is 1. The van der Waals surface area contributed by atoms with Gasteiger partial charge in [-0.05, 0) is 68.2 Å². The van der Waals surface area contributed by atoms with Gasteiger partial charge in [0.2, 0.25) is 16.0 Å². The van der Waals surface area contributed by atoms with Gasteiger partial charge in [0.25, 0.3) is 6.43 Å². The number of nitrogens with zero attached hydrogens (tertiary/aromatic N) is 4. The first kappa shape index (κ1) is 34.0. The molecule has 1 aliphatic heterocycles. The van der Waals surface area contributed by atoms with Gasteiger partial charge in [-0.25, -0.2) is 22.2 Å². The summed E-state index contributed by atoms with van der Waals surface area (Å²) >= 11 is 0. The maximum Gasteiger partial charge on any atom is 0.268 e. The van der Waals surface area contributed by atoms with Gasteiger partial charge in [0, 0.05) is 37.9 Å². The van der Waals surface area contributed by atoms with Crippen LogP contribution < -0.4 is 25.0 Å². The standard InChI is InChI=1S/C31H41F2N7O4S/c1-6-40-13-7-8-23(19-40)34-18-27(41)21-11-12-25(28(15-21)44-4)37-31-36-17-24(29(32)33)30(38-31)35-16-22-10-9-20(2)14-26(22)39(3)45(5,42)43/h9-12,14-15,17,23,29,34H,6-8,13,16,18-19H2,1-5H3,(H2,35,36,37,38). The first-order chi connectivity index (χ1) is 21.4. The molecule has 0 radical (unpaired) electrons. The minimum absolute atomic E-state index is 0.0242. The number of carbonyl (C=O) groups excluding carboxylic acids is 1. The number of carbonyl (C=O) groups is 1. The van der Waals surface area contributed by atoms with Crippen LogP contribution in [0.2, 0.25) is 0 Å². The number of piperidine rings is 1. The molecule has 0 aliphatic carbocycles. The Morgan fingerprint density at radius 3 is 2.69 bits per heavy atom. The fraction of sp³-hybridized carbons (Fsp3) is 0.452. The second-order valence-corrected chi connectivity index (χ2v) is 13.1. The van der Waals surface area contributed by atoms with Gasteiger partial charge in [-0.2, -0.15) is 4.98 Å². The first-order valence-corrected chi connectivity index (χ1v) is 16.6. The predicted molar refractivity (Wildman–Crippen MR) is 172 cm³/mol. The number of alkyl halides is 2. The van der Waals surface area contributed by atoms with Crippen LogP contribution in [0.3, 0.4) is 0 Å². The summed E-state index contributed by atoms with van der Waals surface area (Å²) in [7, 11) is -0.654. The Hall–Kier alpha value is -3.88. The Labute approximate surface area is 263 Å². The van der Waals surface area contributed by atoms with Crippen molar-refractivity contribution in [2.75, 3.05) is 61.5 Å². The van der Waals surface area contributed by atoms with E-state index in [9.17, 15) is 22.0 Å². The van der Waals surface area contributed by atoms with Crippen LogP contribution in [0.5, 0.6) is 5.75 Å². The normalized spacial score (nSPS) is 15.6. The number of anilines is 4. The third kappa shape index (κ3) is 8.86. The maximum atomic E-state index is 13.9. The molecule has 1 unspecified atom stereocenters. The largest absolute Gasteiger partial charge is 0.495 e. The Morgan fingerprint density at radius 1 is 1.22 bits per heavy atom. The van der Waals surface area contributed by atoms with Crippen LogP contribution in [0.4, 0.5) is 31.9 Å². The lowest BCUT2D eigenvalue weighted by Gasteiger charge is -2.32. The van der Waals surface area contributed by atoms with Crippen molar-refractivity contribution < 1.29 is 26.7 Å². The lowest BCUT2D eigenvalue weighted by molar-refractivity contribution is 0.0978. The SMILES string of the molecule is CCN1CCCC(NCC(=O)c2ccc(Nc3ncc(C(F)F)c(NCc4ccc(C)cc4N(C)S(C)(=O)=O)n3)c(OC)c2)C1. The van der Waals surface area contributed by atoms with Crippen LogP contribution in [-0.2, 0) is 16.6 Å². The van der Waals surface area contributed by atoms with E-state index in [1.165, 1.54) is 14.2 Å². The summed E-state index contributed by atoms with van der Waals surface area (Å²) in [5, 5.41) is 9.29. The number of aromatic nitrogens is 2. The number of hydrogen-bond donors (Lipinski definition) is 3. The molecule has 4 rings (SSSR count). The molecular weight excluding hydrogens is 604 g/mol. The first-order valence-electron chi connectivity index (χ1n) is 14.8. The topological polar surface area (TPSA) is 129 Å². The van der Waals surface area contributed by atoms with E-state index in [4.69, 9.17) is 4.74 Å². The highest BCUT2D eigenvalue weighted by Crippen LogP contribution is 2.31. The van der Waals surface area contributed by atoms with Crippen molar-refractivity contribution in [2.45, 2.75) is 45.7 Å². The Morgan fingerprint density at radius 2 is 2.00 bits per heavy atom. The van der Waals surface area contributed by atoms with E-state index in [1.54, 1.807) is 30.3 Å². The Kier molecular flexibility index (Phi) is 11.3. The van der Waals surface area contributed by atoms with Crippen molar-refractivity contribution >= 4 is 38.9 Å². The minimum Gasteiger partial charge on any atom is -0.495 e. The molecule has 14 heteroatoms. The molecule has 11 nitrogen and oxygen atoms in total. The van der Waals surface area contributed by atoms with Crippen LogP contribution >= 0.6 is 0 Å².